The number of ketones is 1. The summed E-state index contributed by atoms with van der Waals surface area (Å²) in [5.41, 5.74) is 3.67. The van der Waals surface area contributed by atoms with E-state index in [0.717, 1.165) is 31.4 Å². The van der Waals surface area contributed by atoms with Gasteiger partial charge in [-0.05, 0) is 43.6 Å². The third kappa shape index (κ3) is 1.43. The first-order chi connectivity index (χ1) is 8.84. The van der Waals surface area contributed by atoms with Crippen molar-refractivity contribution in [2.45, 2.75) is 44.6 Å². The van der Waals surface area contributed by atoms with Crippen molar-refractivity contribution in [3.8, 4) is 0 Å². The van der Waals surface area contributed by atoms with Crippen molar-refractivity contribution >= 4 is 22.7 Å². The summed E-state index contributed by atoms with van der Waals surface area (Å²) in [4.78, 5) is 16.4. The van der Waals surface area contributed by atoms with Crippen LogP contribution in [-0.4, -0.2) is 23.3 Å². The van der Waals surface area contributed by atoms with Crippen molar-refractivity contribution in [1.82, 2.24) is 4.90 Å². The van der Waals surface area contributed by atoms with Gasteiger partial charge in [0.05, 0.1) is 0 Å². The average molecular weight is 259 g/mol. The summed E-state index contributed by atoms with van der Waals surface area (Å²) in [6, 6.07) is 2.65. The molecule has 1 atom stereocenters. The molecule has 3 heteroatoms. The lowest BCUT2D eigenvalue weighted by molar-refractivity contribution is -0.116. The lowest BCUT2D eigenvalue weighted by Crippen LogP contribution is -2.45. The number of hydrogen-bond acceptors (Lipinski definition) is 3. The highest BCUT2D eigenvalue weighted by Crippen LogP contribution is 2.42. The van der Waals surface area contributed by atoms with E-state index >= 15 is 0 Å². The third-order valence-electron chi connectivity index (χ3n) is 4.57. The van der Waals surface area contributed by atoms with Crippen molar-refractivity contribution < 1.29 is 4.79 Å². The predicted molar refractivity (Wildman–Crippen MR) is 73.5 cm³/mol. The quantitative estimate of drug-likeness (QED) is 0.713. The van der Waals surface area contributed by atoms with Crippen LogP contribution in [0.3, 0.4) is 0 Å². The molecule has 1 aromatic heterocycles. The van der Waals surface area contributed by atoms with E-state index in [1.807, 2.05) is 11.3 Å². The molecule has 1 unspecified atom stereocenters. The molecule has 1 aromatic rings. The Bertz CT molecular complexity index is 542. The van der Waals surface area contributed by atoms with Crippen molar-refractivity contribution in [3.05, 3.63) is 27.6 Å². The van der Waals surface area contributed by atoms with Crippen LogP contribution in [0.25, 0.3) is 5.57 Å². The largest absolute Gasteiger partial charge is 0.371 e. The van der Waals surface area contributed by atoms with Crippen molar-refractivity contribution in [2.24, 2.45) is 0 Å². The highest BCUT2D eigenvalue weighted by atomic mass is 32.1. The molecule has 0 aromatic carbocycles. The third-order valence-corrected chi connectivity index (χ3v) is 5.55. The normalized spacial score (nSPS) is 26.8. The number of nitrogens with zero attached hydrogens (tertiary/aromatic N) is 1. The van der Waals surface area contributed by atoms with Gasteiger partial charge in [0, 0.05) is 40.7 Å². The number of hydrogen-bond donors (Lipinski definition) is 0. The molecule has 94 valence electrons. The Labute approximate surface area is 111 Å². The van der Waals surface area contributed by atoms with Gasteiger partial charge < -0.3 is 4.90 Å². The van der Waals surface area contributed by atoms with Gasteiger partial charge in [-0.3, -0.25) is 4.79 Å². The van der Waals surface area contributed by atoms with Gasteiger partial charge >= 0.3 is 0 Å². The Balaban J connectivity index is 1.85. The van der Waals surface area contributed by atoms with Crippen LogP contribution in [0.1, 0.15) is 42.5 Å². The molecule has 3 heterocycles. The lowest BCUT2D eigenvalue weighted by atomic mass is 9.82. The lowest BCUT2D eigenvalue weighted by Gasteiger charge is -2.44. The Kier molecular flexibility index (Phi) is 2.37. The van der Waals surface area contributed by atoms with Crippen molar-refractivity contribution in [2.75, 3.05) is 6.54 Å². The first kappa shape index (κ1) is 10.8. The summed E-state index contributed by atoms with van der Waals surface area (Å²) in [5, 5.41) is 2.14. The summed E-state index contributed by atoms with van der Waals surface area (Å²) < 4.78 is 0. The van der Waals surface area contributed by atoms with Gasteiger partial charge in [0.15, 0.2) is 5.78 Å². The molecule has 1 aliphatic carbocycles. The van der Waals surface area contributed by atoms with Gasteiger partial charge in [-0.15, -0.1) is 11.3 Å². The van der Waals surface area contributed by atoms with E-state index in [9.17, 15) is 4.79 Å². The number of thiophene rings is 1. The van der Waals surface area contributed by atoms with Crippen LogP contribution in [0.5, 0.6) is 0 Å². The molecule has 0 spiro atoms. The molecular formula is C15H17NOS. The minimum Gasteiger partial charge on any atom is -0.371 e. The summed E-state index contributed by atoms with van der Waals surface area (Å²) >= 11 is 1.81. The minimum atomic E-state index is 0.396. The number of aryl methyl sites for hydroxylation is 1. The zero-order valence-corrected chi connectivity index (χ0v) is 11.3. The van der Waals surface area contributed by atoms with E-state index in [1.54, 1.807) is 0 Å². The summed E-state index contributed by atoms with van der Waals surface area (Å²) in [6.07, 6.45) is 6.74. The fourth-order valence-electron chi connectivity index (χ4n) is 3.75. The molecule has 4 rings (SSSR count). The minimum absolute atomic E-state index is 0.396. The number of allylic oxidation sites excluding steroid dienone is 2. The standard InChI is InChI=1S/C15H17NOS/c17-13-9-10-3-1-2-7-16(10)12-4-5-14-11(15(12)13)6-8-18-14/h6,8,10H,1-5,7,9H2. The van der Waals surface area contributed by atoms with Crippen molar-refractivity contribution in [1.29, 1.82) is 0 Å². The second-order valence-electron chi connectivity index (χ2n) is 5.55. The first-order valence-electron chi connectivity index (χ1n) is 6.94. The Morgan fingerprint density at radius 3 is 3.17 bits per heavy atom. The van der Waals surface area contributed by atoms with Crippen LogP contribution in [0.15, 0.2) is 17.1 Å². The number of carbonyl (C=O) groups is 1. The highest BCUT2D eigenvalue weighted by Gasteiger charge is 2.37. The summed E-state index contributed by atoms with van der Waals surface area (Å²) in [5.74, 6) is 0.396. The molecule has 1 fully saturated rings. The fourth-order valence-corrected chi connectivity index (χ4v) is 4.64. The monoisotopic (exact) mass is 259 g/mol. The molecule has 0 bridgehead atoms. The highest BCUT2D eigenvalue weighted by molar-refractivity contribution is 7.10. The fraction of sp³-hybridized carbons (Fsp3) is 0.533. The van der Waals surface area contributed by atoms with Crippen LogP contribution in [-0.2, 0) is 11.2 Å². The first-order valence-corrected chi connectivity index (χ1v) is 7.82. The van der Waals surface area contributed by atoms with Crippen LogP contribution >= 0.6 is 11.3 Å². The van der Waals surface area contributed by atoms with Gasteiger partial charge in [-0.2, -0.15) is 0 Å². The molecular weight excluding hydrogens is 242 g/mol. The van der Waals surface area contributed by atoms with Gasteiger partial charge in [-0.25, -0.2) is 0 Å². The smallest absolute Gasteiger partial charge is 0.167 e. The molecule has 0 amide bonds. The van der Waals surface area contributed by atoms with Crippen LogP contribution in [0, 0.1) is 0 Å². The molecule has 0 N–H and O–H groups in total. The SMILES string of the molecule is O=C1CC2CCCCN2C2=C1c1ccsc1CC2. The topological polar surface area (TPSA) is 20.3 Å². The van der Waals surface area contributed by atoms with Gasteiger partial charge in [0.1, 0.15) is 0 Å². The number of rotatable bonds is 0. The average Bonchev–Trinajstić information content (AvgIpc) is 2.86. The number of fused-ring (bicyclic) bond motifs is 4. The van der Waals surface area contributed by atoms with E-state index < -0.39 is 0 Å². The maximum absolute atomic E-state index is 12.5. The molecule has 2 aliphatic heterocycles. The van der Waals surface area contributed by atoms with E-state index in [0.29, 0.717) is 11.8 Å². The maximum Gasteiger partial charge on any atom is 0.167 e. The molecule has 18 heavy (non-hydrogen) atoms. The van der Waals surface area contributed by atoms with Crippen LogP contribution < -0.4 is 0 Å². The number of piperidine rings is 1. The van der Waals surface area contributed by atoms with E-state index in [4.69, 9.17) is 0 Å². The molecule has 2 nitrogen and oxygen atoms in total. The van der Waals surface area contributed by atoms with E-state index in [1.165, 1.54) is 35.4 Å². The molecule has 1 saturated heterocycles. The Morgan fingerprint density at radius 2 is 2.22 bits per heavy atom. The van der Waals surface area contributed by atoms with E-state index in [2.05, 4.69) is 16.3 Å². The second-order valence-corrected chi connectivity index (χ2v) is 6.55. The summed E-state index contributed by atoms with van der Waals surface area (Å²) in [7, 11) is 0. The van der Waals surface area contributed by atoms with Gasteiger partial charge in [0.25, 0.3) is 0 Å². The molecule has 3 aliphatic rings. The Hall–Kier alpha value is -1.09. The second kappa shape index (κ2) is 3.95. The Morgan fingerprint density at radius 1 is 1.28 bits per heavy atom. The van der Waals surface area contributed by atoms with Crippen LogP contribution in [0.2, 0.25) is 0 Å². The molecule has 0 saturated carbocycles. The number of carbonyl (C=O) groups excluding carboxylic acids is 1. The maximum atomic E-state index is 12.5. The van der Waals surface area contributed by atoms with Gasteiger partial charge in [0.2, 0.25) is 0 Å². The zero-order valence-electron chi connectivity index (χ0n) is 10.4. The van der Waals surface area contributed by atoms with E-state index in [-0.39, 0.29) is 0 Å². The van der Waals surface area contributed by atoms with Crippen LogP contribution in [0.4, 0.5) is 0 Å². The summed E-state index contributed by atoms with van der Waals surface area (Å²) in [6.45, 7) is 1.16. The van der Waals surface area contributed by atoms with Gasteiger partial charge in [-0.1, -0.05) is 0 Å². The molecule has 0 radical (unpaired) electrons. The zero-order chi connectivity index (χ0) is 12.1. The predicted octanol–water partition coefficient (Wildman–Crippen LogP) is 3.23. The number of Topliss-reactive ketones (excluding diaryl/α,β-unsaturated/α-hetero) is 1. The van der Waals surface area contributed by atoms with Crippen molar-refractivity contribution in [3.63, 3.8) is 0 Å².